The number of aromatic nitrogens is 1. The summed E-state index contributed by atoms with van der Waals surface area (Å²) in [7, 11) is 2.17. The Morgan fingerprint density at radius 2 is 1.45 bits per heavy atom. The van der Waals surface area contributed by atoms with E-state index in [1.54, 1.807) is 0 Å². The van der Waals surface area contributed by atoms with E-state index >= 15 is 0 Å². The molecule has 0 saturated heterocycles. The molecule has 1 saturated carbocycles. The summed E-state index contributed by atoms with van der Waals surface area (Å²) in [6, 6.07) is 18.8. The van der Waals surface area contributed by atoms with Gasteiger partial charge in [-0.15, -0.1) is 0 Å². The molecular formula is C38H44NO+. The number of pyridine rings is 1. The maximum atomic E-state index is 6.97. The topological polar surface area (TPSA) is 17.0 Å². The molecule has 3 aromatic carbocycles. The van der Waals surface area contributed by atoms with E-state index in [1.807, 2.05) is 0 Å². The van der Waals surface area contributed by atoms with Crippen molar-refractivity contribution >= 4 is 32.7 Å². The fraction of sp³-hybridized carbons (Fsp3) is 0.447. The Morgan fingerprint density at radius 1 is 0.775 bits per heavy atom. The van der Waals surface area contributed by atoms with Crippen molar-refractivity contribution in [1.29, 1.82) is 0 Å². The average molecular weight is 531 g/mol. The quantitative estimate of drug-likeness (QED) is 0.212. The first-order chi connectivity index (χ1) is 19.1. The first-order valence-corrected chi connectivity index (χ1v) is 15.5. The zero-order valence-corrected chi connectivity index (χ0v) is 25.3. The van der Waals surface area contributed by atoms with Gasteiger partial charge in [0.2, 0.25) is 5.69 Å². The van der Waals surface area contributed by atoms with Gasteiger partial charge in [-0.2, -0.15) is 0 Å². The SMILES string of the molecule is Cc1ccc2c(oc3c4cc5c(cc4ccc23)C(C)(C)CCC5(C)C)c1-c1cc(CC2CCCCC2)cc[n+]1C. The summed E-state index contributed by atoms with van der Waals surface area (Å²) < 4.78 is 9.25. The molecule has 1 fully saturated rings. The van der Waals surface area contributed by atoms with E-state index in [0.717, 1.165) is 17.1 Å². The first kappa shape index (κ1) is 25.8. The maximum absolute atomic E-state index is 6.97. The predicted molar refractivity (Wildman–Crippen MR) is 168 cm³/mol. The molecule has 2 heteroatoms. The van der Waals surface area contributed by atoms with Crippen LogP contribution in [0.5, 0.6) is 0 Å². The minimum atomic E-state index is 0.168. The lowest BCUT2D eigenvalue weighted by Crippen LogP contribution is -2.33. The van der Waals surface area contributed by atoms with Gasteiger partial charge in [-0.1, -0.05) is 84.1 Å². The molecule has 2 aliphatic rings. The second-order valence-corrected chi connectivity index (χ2v) is 14.3. The standard InChI is InChI=1S/C38H44NO/c1-24-12-14-29-28-15-13-27-22-31-32(38(4,5)18-17-37(31,2)3)23-30(27)35(28)40-36(29)34(24)33-21-26(16-19-39(33)6)20-25-10-8-7-9-11-25/h12-16,19,21-23,25H,7-11,17-18,20H2,1-6H3/q+1. The van der Waals surface area contributed by atoms with Crippen LogP contribution in [0.15, 0.2) is 59.1 Å². The van der Waals surface area contributed by atoms with E-state index in [-0.39, 0.29) is 10.8 Å². The molecule has 7 rings (SSSR count). The van der Waals surface area contributed by atoms with Crippen LogP contribution in [0.2, 0.25) is 0 Å². The largest absolute Gasteiger partial charge is 0.454 e. The number of hydrogen-bond donors (Lipinski definition) is 0. The number of benzene rings is 3. The van der Waals surface area contributed by atoms with Gasteiger partial charge in [-0.05, 0) is 82.7 Å². The van der Waals surface area contributed by atoms with Crippen LogP contribution in [-0.2, 0) is 24.3 Å². The Balaban J connectivity index is 1.43. The van der Waals surface area contributed by atoms with Crippen molar-refractivity contribution in [1.82, 2.24) is 0 Å². The molecule has 5 aromatic rings. The summed E-state index contributed by atoms with van der Waals surface area (Å²) in [4.78, 5) is 0. The van der Waals surface area contributed by atoms with Gasteiger partial charge < -0.3 is 4.42 Å². The highest BCUT2D eigenvalue weighted by Crippen LogP contribution is 2.48. The molecule has 0 unspecified atom stereocenters. The number of rotatable bonds is 3. The average Bonchev–Trinajstić information content (AvgIpc) is 3.31. The lowest BCUT2D eigenvalue weighted by molar-refractivity contribution is -0.660. The van der Waals surface area contributed by atoms with Crippen LogP contribution in [0.3, 0.4) is 0 Å². The Labute approximate surface area is 239 Å². The van der Waals surface area contributed by atoms with Gasteiger partial charge >= 0.3 is 0 Å². The lowest BCUT2D eigenvalue weighted by Gasteiger charge is -2.42. The molecule has 0 atom stereocenters. The van der Waals surface area contributed by atoms with Gasteiger partial charge in [0.25, 0.3) is 0 Å². The highest BCUT2D eigenvalue weighted by molar-refractivity contribution is 6.17. The summed E-state index contributed by atoms with van der Waals surface area (Å²) >= 11 is 0. The highest BCUT2D eigenvalue weighted by Gasteiger charge is 2.37. The van der Waals surface area contributed by atoms with Gasteiger partial charge in [0.05, 0.1) is 5.56 Å². The molecule has 2 nitrogen and oxygen atoms in total. The minimum absolute atomic E-state index is 0.168. The summed E-state index contributed by atoms with van der Waals surface area (Å²) in [5, 5.41) is 4.97. The summed E-state index contributed by atoms with van der Waals surface area (Å²) in [5.41, 5.74) is 10.6. The van der Waals surface area contributed by atoms with Crippen molar-refractivity contribution in [3.05, 3.63) is 77.0 Å². The molecule has 0 amide bonds. The molecular weight excluding hydrogens is 486 g/mol. The fourth-order valence-corrected chi connectivity index (χ4v) is 7.81. The predicted octanol–water partition coefficient (Wildman–Crippen LogP) is 10.0. The Hall–Kier alpha value is -3.13. The third kappa shape index (κ3) is 4.09. The van der Waals surface area contributed by atoms with E-state index in [4.69, 9.17) is 4.42 Å². The third-order valence-electron chi connectivity index (χ3n) is 10.5. The normalized spacial score (nSPS) is 18.9. The Kier molecular flexibility index (Phi) is 5.93. The molecule has 2 heterocycles. The molecule has 0 N–H and O–H groups in total. The van der Waals surface area contributed by atoms with Crippen LogP contribution >= 0.6 is 0 Å². The van der Waals surface area contributed by atoms with E-state index in [2.05, 4.69) is 101 Å². The molecule has 2 aromatic heterocycles. The highest BCUT2D eigenvalue weighted by atomic mass is 16.3. The molecule has 0 aliphatic heterocycles. The van der Waals surface area contributed by atoms with Crippen LogP contribution in [-0.4, -0.2) is 0 Å². The number of fused-ring (bicyclic) bond motifs is 6. The maximum Gasteiger partial charge on any atom is 0.216 e. The third-order valence-corrected chi connectivity index (χ3v) is 10.5. The number of nitrogens with zero attached hydrogens (tertiary/aromatic N) is 1. The van der Waals surface area contributed by atoms with E-state index in [9.17, 15) is 0 Å². The zero-order chi connectivity index (χ0) is 27.8. The van der Waals surface area contributed by atoms with E-state index in [0.29, 0.717) is 0 Å². The van der Waals surface area contributed by atoms with Gasteiger partial charge in [0.1, 0.15) is 18.2 Å². The second kappa shape index (κ2) is 9.20. The number of hydrogen-bond acceptors (Lipinski definition) is 1. The minimum Gasteiger partial charge on any atom is -0.454 e. The molecule has 206 valence electrons. The van der Waals surface area contributed by atoms with Gasteiger partial charge in [-0.3, -0.25) is 0 Å². The van der Waals surface area contributed by atoms with Crippen molar-refractivity contribution in [2.24, 2.45) is 13.0 Å². The van der Waals surface area contributed by atoms with Crippen LogP contribution in [0.4, 0.5) is 0 Å². The molecule has 0 radical (unpaired) electrons. The monoisotopic (exact) mass is 530 g/mol. The first-order valence-electron chi connectivity index (χ1n) is 15.5. The number of aryl methyl sites for hydroxylation is 2. The van der Waals surface area contributed by atoms with Gasteiger partial charge in [-0.25, -0.2) is 4.57 Å². The Bertz CT molecular complexity index is 1780. The van der Waals surface area contributed by atoms with E-state index < -0.39 is 0 Å². The van der Waals surface area contributed by atoms with Crippen LogP contribution in [0, 0.1) is 12.8 Å². The van der Waals surface area contributed by atoms with Crippen LogP contribution in [0.25, 0.3) is 44.0 Å². The van der Waals surface area contributed by atoms with Crippen molar-refractivity contribution < 1.29 is 8.98 Å². The van der Waals surface area contributed by atoms with Crippen molar-refractivity contribution in [2.75, 3.05) is 0 Å². The fourth-order valence-electron chi connectivity index (χ4n) is 7.81. The number of furan rings is 1. The lowest BCUT2D eigenvalue weighted by atomic mass is 9.63. The van der Waals surface area contributed by atoms with Crippen molar-refractivity contribution in [2.45, 2.75) is 96.8 Å². The Morgan fingerprint density at radius 3 is 2.20 bits per heavy atom. The van der Waals surface area contributed by atoms with Crippen LogP contribution in [0.1, 0.15) is 94.9 Å². The van der Waals surface area contributed by atoms with E-state index in [1.165, 1.54) is 106 Å². The molecule has 0 spiro atoms. The van der Waals surface area contributed by atoms with Crippen molar-refractivity contribution in [3.63, 3.8) is 0 Å². The van der Waals surface area contributed by atoms with Crippen molar-refractivity contribution in [3.8, 4) is 11.3 Å². The van der Waals surface area contributed by atoms with Gasteiger partial charge in [0.15, 0.2) is 6.20 Å². The molecule has 40 heavy (non-hydrogen) atoms. The summed E-state index contributed by atoms with van der Waals surface area (Å²) in [6.45, 7) is 11.9. The van der Waals surface area contributed by atoms with Crippen LogP contribution < -0.4 is 4.57 Å². The molecule has 2 aliphatic carbocycles. The molecule has 0 bridgehead atoms. The second-order valence-electron chi connectivity index (χ2n) is 14.3. The summed E-state index contributed by atoms with van der Waals surface area (Å²) in [5.74, 6) is 0.823. The zero-order valence-electron chi connectivity index (χ0n) is 25.3. The van der Waals surface area contributed by atoms with Gasteiger partial charge in [0, 0.05) is 28.3 Å². The smallest absolute Gasteiger partial charge is 0.216 e. The summed E-state index contributed by atoms with van der Waals surface area (Å²) in [6.07, 6.45) is 12.8.